The monoisotopic (exact) mass is 372 g/mol. The fraction of sp³-hybridized carbons (Fsp3) is 0.143. The highest BCUT2D eigenvalue weighted by Crippen LogP contribution is 2.20. The van der Waals surface area contributed by atoms with E-state index in [1.807, 2.05) is 0 Å². The highest BCUT2D eigenvalue weighted by molar-refractivity contribution is 9.10. The van der Waals surface area contributed by atoms with Crippen molar-refractivity contribution in [1.29, 1.82) is 0 Å². The molecule has 3 N–H and O–H groups in total. The molecular weight excluding hydrogens is 359 g/mol. The molecule has 0 heterocycles. The normalized spacial score (nSPS) is 11.6. The van der Waals surface area contributed by atoms with Crippen LogP contribution in [0.2, 0.25) is 0 Å². The molecule has 0 saturated heterocycles. The minimum Gasteiger partial charge on any atom is -0.399 e. The van der Waals surface area contributed by atoms with Crippen molar-refractivity contribution >= 4 is 31.6 Å². The summed E-state index contributed by atoms with van der Waals surface area (Å²) < 4.78 is 40.7. The van der Waals surface area contributed by atoms with Crippen LogP contribution < -0.4 is 10.5 Å². The maximum absolute atomic E-state index is 13.2. The summed E-state index contributed by atoms with van der Waals surface area (Å²) in [5.74, 6) is -0.421. The van der Waals surface area contributed by atoms with Gasteiger partial charge < -0.3 is 5.73 Å². The summed E-state index contributed by atoms with van der Waals surface area (Å²) in [7, 11) is -3.68. The van der Waals surface area contributed by atoms with Gasteiger partial charge >= 0.3 is 0 Å². The predicted octanol–water partition coefficient (Wildman–Crippen LogP) is 2.96. The van der Waals surface area contributed by atoms with E-state index in [0.29, 0.717) is 21.3 Å². The molecule has 0 fully saturated rings. The lowest BCUT2D eigenvalue weighted by Crippen LogP contribution is -2.23. The van der Waals surface area contributed by atoms with E-state index in [1.54, 1.807) is 13.0 Å². The van der Waals surface area contributed by atoms with E-state index in [4.69, 9.17) is 5.73 Å². The highest BCUT2D eigenvalue weighted by atomic mass is 79.9. The van der Waals surface area contributed by atoms with Gasteiger partial charge in [-0.1, -0.05) is 15.9 Å². The summed E-state index contributed by atoms with van der Waals surface area (Å²) in [6.07, 6.45) is 0. The molecule has 0 saturated carbocycles. The van der Waals surface area contributed by atoms with Gasteiger partial charge in [0.1, 0.15) is 5.82 Å². The van der Waals surface area contributed by atoms with E-state index in [9.17, 15) is 12.8 Å². The van der Waals surface area contributed by atoms with Crippen LogP contribution in [0.4, 0.5) is 10.1 Å². The van der Waals surface area contributed by atoms with E-state index in [-0.39, 0.29) is 11.4 Å². The van der Waals surface area contributed by atoms with Crippen LogP contribution in [0.5, 0.6) is 0 Å². The third kappa shape index (κ3) is 3.81. The minimum absolute atomic E-state index is 0.00982. The van der Waals surface area contributed by atoms with Gasteiger partial charge in [-0.15, -0.1) is 0 Å². The van der Waals surface area contributed by atoms with E-state index < -0.39 is 15.8 Å². The fourth-order valence-electron chi connectivity index (χ4n) is 1.75. The molecule has 0 aliphatic heterocycles. The first-order valence-corrected chi connectivity index (χ1v) is 8.37. The highest BCUT2D eigenvalue weighted by Gasteiger charge is 2.15. The second-order valence-corrected chi connectivity index (χ2v) is 7.20. The van der Waals surface area contributed by atoms with E-state index in [1.165, 1.54) is 30.3 Å². The largest absolute Gasteiger partial charge is 0.399 e. The Morgan fingerprint density at radius 2 is 1.95 bits per heavy atom. The van der Waals surface area contributed by atoms with Crippen molar-refractivity contribution in [3.63, 3.8) is 0 Å². The maximum Gasteiger partial charge on any atom is 0.240 e. The Kier molecular flexibility index (Phi) is 4.65. The smallest absolute Gasteiger partial charge is 0.240 e. The zero-order chi connectivity index (χ0) is 15.6. The van der Waals surface area contributed by atoms with Gasteiger partial charge in [0.2, 0.25) is 10.0 Å². The molecule has 0 aliphatic carbocycles. The van der Waals surface area contributed by atoms with Crippen molar-refractivity contribution in [2.75, 3.05) is 5.73 Å². The fourth-order valence-corrected chi connectivity index (χ4v) is 3.23. The van der Waals surface area contributed by atoms with Crippen molar-refractivity contribution in [1.82, 2.24) is 4.72 Å². The number of benzene rings is 2. The van der Waals surface area contributed by atoms with E-state index in [0.717, 1.165) is 0 Å². The molecule has 0 amide bonds. The van der Waals surface area contributed by atoms with Crippen LogP contribution in [-0.2, 0) is 16.6 Å². The average molecular weight is 373 g/mol. The van der Waals surface area contributed by atoms with Gasteiger partial charge in [0.05, 0.1) is 4.90 Å². The number of hydrogen-bond donors (Lipinski definition) is 2. The van der Waals surface area contributed by atoms with Crippen LogP contribution in [-0.4, -0.2) is 8.42 Å². The minimum atomic E-state index is -3.68. The van der Waals surface area contributed by atoms with Gasteiger partial charge in [-0.3, -0.25) is 0 Å². The van der Waals surface area contributed by atoms with Crippen LogP contribution in [0, 0.1) is 12.7 Å². The van der Waals surface area contributed by atoms with E-state index >= 15 is 0 Å². The molecule has 0 unspecified atom stereocenters. The average Bonchev–Trinajstić information content (AvgIpc) is 2.43. The first kappa shape index (κ1) is 15.9. The summed E-state index contributed by atoms with van der Waals surface area (Å²) in [6.45, 7) is 1.72. The van der Waals surface area contributed by atoms with Gasteiger partial charge in [-0.05, 0) is 54.4 Å². The summed E-state index contributed by atoms with van der Waals surface area (Å²) in [5, 5.41) is 0. The zero-order valence-corrected chi connectivity index (χ0v) is 13.6. The van der Waals surface area contributed by atoms with E-state index in [2.05, 4.69) is 20.7 Å². The second-order valence-electron chi connectivity index (χ2n) is 4.58. The van der Waals surface area contributed by atoms with Crippen LogP contribution in [0.15, 0.2) is 45.8 Å². The van der Waals surface area contributed by atoms with Crippen molar-refractivity contribution in [2.24, 2.45) is 0 Å². The zero-order valence-electron chi connectivity index (χ0n) is 11.2. The first-order valence-electron chi connectivity index (χ1n) is 6.09. The molecule has 21 heavy (non-hydrogen) atoms. The molecule has 0 bridgehead atoms. The Bertz CT molecular complexity index is 779. The van der Waals surface area contributed by atoms with Gasteiger partial charge in [0.15, 0.2) is 0 Å². The number of halogens is 2. The van der Waals surface area contributed by atoms with Crippen molar-refractivity contribution in [3.8, 4) is 0 Å². The molecule has 2 aromatic rings. The van der Waals surface area contributed by atoms with Crippen molar-refractivity contribution in [2.45, 2.75) is 18.4 Å². The molecule has 112 valence electrons. The number of sulfonamides is 1. The predicted molar refractivity (Wildman–Crippen MR) is 83.7 cm³/mol. The summed E-state index contributed by atoms with van der Waals surface area (Å²) in [4.78, 5) is 0.127. The molecular formula is C14H14BrFN2O2S. The molecule has 0 spiro atoms. The molecule has 4 nitrogen and oxygen atoms in total. The third-order valence-corrected chi connectivity index (χ3v) is 5.18. The number of anilines is 1. The number of nitrogen functional groups attached to an aromatic ring is 1. The SMILES string of the molecule is Cc1cc(S(=O)(=O)NCc2cc(F)ccc2Br)ccc1N. The van der Waals surface area contributed by atoms with Gasteiger partial charge in [0, 0.05) is 16.7 Å². The third-order valence-electron chi connectivity index (χ3n) is 3.01. The number of nitrogens with two attached hydrogens (primary N) is 1. The Labute approximate surface area is 131 Å². The van der Waals surface area contributed by atoms with Crippen molar-refractivity contribution < 1.29 is 12.8 Å². The Balaban J connectivity index is 2.21. The number of nitrogens with one attached hydrogen (secondary N) is 1. The van der Waals surface area contributed by atoms with Crippen LogP contribution in [0.3, 0.4) is 0 Å². The number of hydrogen-bond acceptors (Lipinski definition) is 3. The molecule has 0 aliphatic rings. The maximum atomic E-state index is 13.2. The number of rotatable bonds is 4. The van der Waals surface area contributed by atoms with Crippen LogP contribution >= 0.6 is 15.9 Å². The topological polar surface area (TPSA) is 72.2 Å². The first-order chi connectivity index (χ1) is 9.79. The molecule has 7 heteroatoms. The van der Waals surface area contributed by atoms with Crippen molar-refractivity contribution in [3.05, 3.63) is 57.8 Å². The standard InChI is InChI=1S/C14H14BrFN2O2S/c1-9-6-12(3-5-14(9)17)21(19,20)18-8-10-7-11(16)2-4-13(10)15/h2-7,18H,8,17H2,1H3. The molecule has 0 atom stereocenters. The van der Waals surface area contributed by atoms with Gasteiger partial charge in [0.25, 0.3) is 0 Å². The Hall–Kier alpha value is -1.44. The molecule has 2 aromatic carbocycles. The Morgan fingerprint density at radius 3 is 2.62 bits per heavy atom. The lowest BCUT2D eigenvalue weighted by molar-refractivity contribution is 0.580. The lowest BCUT2D eigenvalue weighted by Gasteiger charge is -2.10. The second kappa shape index (κ2) is 6.13. The molecule has 0 aromatic heterocycles. The molecule has 0 radical (unpaired) electrons. The quantitative estimate of drug-likeness (QED) is 0.810. The summed E-state index contributed by atoms with van der Waals surface area (Å²) in [5.41, 5.74) is 7.40. The van der Waals surface area contributed by atoms with Gasteiger partial charge in [-0.2, -0.15) is 0 Å². The Morgan fingerprint density at radius 1 is 1.24 bits per heavy atom. The summed E-state index contributed by atoms with van der Waals surface area (Å²) in [6, 6.07) is 8.59. The summed E-state index contributed by atoms with van der Waals surface area (Å²) >= 11 is 3.26. The molecule has 2 rings (SSSR count). The van der Waals surface area contributed by atoms with Gasteiger partial charge in [-0.25, -0.2) is 17.5 Å². The lowest BCUT2D eigenvalue weighted by atomic mass is 10.2. The number of aryl methyl sites for hydroxylation is 1. The van der Waals surface area contributed by atoms with Crippen LogP contribution in [0.1, 0.15) is 11.1 Å². The van der Waals surface area contributed by atoms with Crippen LogP contribution in [0.25, 0.3) is 0 Å².